The van der Waals surface area contributed by atoms with Crippen LogP contribution in [0.25, 0.3) is 0 Å². The Labute approximate surface area is 118 Å². The van der Waals surface area contributed by atoms with Crippen LogP contribution in [-0.2, 0) is 11.3 Å². The number of nitrogens with one attached hydrogen (secondary N) is 2. The fraction of sp³-hybridized carbons (Fsp3) is 0.714. The lowest BCUT2D eigenvalue weighted by Gasteiger charge is -2.24. The molecule has 5 heteroatoms. The largest absolute Gasteiger partial charge is 0.350 e. The van der Waals surface area contributed by atoms with Crippen LogP contribution in [0.3, 0.4) is 0 Å². The molecule has 0 aromatic carbocycles. The number of carbonyl (C=O) groups excluding carboxylic acids is 1. The van der Waals surface area contributed by atoms with Crippen molar-refractivity contribution in [2.45, 2.75) is 57.7 Å². The number of hydrogen-bond acceptors (Lipinski definition) is 4. The van der Waals surface area contributed by atoms with Crippen molar-refractivity contribution in [1.82, 2.24) is 15.6 Å². The number of thiazole rings is 1. The van der Waals surface area contributed by atoms with Gasteiger partial charge in [-0.3, -0.25) is 4.79 Å². The summed E-state index contributed by atoms with van der Waals surface area (Å²) in [5, 5.41) is 7.59. The van der Waals surface area contributed by atoms with E-state index in [9.17, 15) is 4.79 Å². The van der Waals surface area contributed by atoms with Gasteiger partial charge in [-0.2, -0.15) is 0 Å². The van der Waals surface area contributed by atoms with Crippen molar-refractivity contribution in [2.75, 3.05) is 0 Å². The Morgan fingerprint density at radius 3 is 3.11 bits per heavy atom. The summed E-state index contributed by atoms with van der Waals surface area (Å²) in [5.41, 5.74) is 0. The summed E-state index contributed by atoms with van der Waals surface area (Å²) in [4.78, 5) is 17.5. The summed E-state index contributed by atoms with van der Waals surface area (Å²) in [7, 11) is 0. The summed E-state index contributed by atoms with van der Waals surface area (Å²) >= 11 is 1.65. The molecule has 0 spiro atoms. The molecule has 2 fully saturated rings. The van der Waals surface area contributed by atoms with Gasteiger partial charge in [-0.25, -0.2) is 4.98 Å². The predicted octanol–water partition coefficient (Wildman–Crippen LogP) is 1.99. The van der Waals surface area contributed by atoms with Crippen LogP contribution in [0.4, 0.5) is 0 Å². The third-order valence-electron chi connectivity index (χ3n) is 4.29. The second-order valence-corrected chi connectivity index (χ2v) is 6.99. The van der Waals surface area contributed by atoms with Crippen LogP contribution in [0.15, 0.2) is 6.20 Å². The van der Waals surface area contributed by atoms with Crippen LogP contribution < -0.4 is 10.6 Å². The van der Waals surface area contributed by atoms with Gasteiger partial charge in [0.25, 0.3) is 0 Å². The Kier molecular flexibility index (Phi) is 3.84. The maximum absolute atomic E-state index is 12.2. The Bertz CT molecular complexity index is 445. The fourth-order valence-electron chi connectivity index (χ4n) is 3.31. The highest BCUT2D eigenvalue weighted by Gasteiger charge is 2.37. The fourth-order valence-corrected chi connectivity index (χ4v) is 4.04. The number of aryl methyl sites for hydroxylation is 1. The molecule has 3 atom stereocenters. The number of aromatic nitrogens is 1. The summed E-state index contributed by atoms with van der Waals surface area (Å²) in [6.45, 7) is 2.59. The first-order valence-electron chi connectivity index (χ1n) is 7.17. The van der Waals surface area contributed by atoms with Gasteiger partial charge in [0.15, 0.2) is 0 Å². The smallest absolute Gasteiger partial charge is 0.237 e. The molecule has 0 bridgehead atoms. The van der Waals surface area contributed by atoms with Gasteiger partial charge < -0.3 is 10.6 Å². The molecule has 1 aromatic rings. The van der Waals surface area contributed by atoms with Gasteiger partial charge in [0, 0.05) is 17.1 Å². The number of rotatable bonds is 3. The molecule has 1 aliphatic heterocycles. The highest BCUT2D eigenvalue weighted by molar-refractivity contribution is 7.11. The van der Waals surface area contributed by atoms with Crippen LogP contribution in [0.1, 0.15) is 42.0 Å². The van der Waals surface area contributed by atoms with E-state index in [2.05, 4.69) is 15.6 Å². The molecule has 2 heterocycles. The van der Waals surface area contributed by atoms with E-state index in [1.165, 1.54) is 25.7 Å². The lowest BCUT2D eigenvalue weighted by atomic mass is 9.85. The van der Waals surface area contributed by atoms with Crippen LogP contribution in [0, 0.1) is 12.8 Å². The zero-order valence-electron chi connectivity index (χ0n) is 11.3. The SMILES string of the molecule is Cc1ncc(CNC(=O)C2CC3CCCCC3N2)s1. The maximum atomic E-state index is 12.2. The Balaban J connectivity index is 1.51. The zero-order chi connectivity index (χ0) is 13.2. The highest BCUT2D eigenvalue weighted by atomic mass is 32.1. The molecule has 1 saturated heterocycles. The molecule has 2 N–H and O–H groups in total. The van der Waals surface area contributed by atoms with Gasteiger partial charge in [0.1, 0.15) is 0 Å². The molecule has 3 unspecified atom stereocenters. The molecule has 4 nitrogen and oxygen atoms in total. The van der Waals surface area contributed by atoms with Crippen molar-refractivity contribution in [3.63, 3.8) is 0 Å². The van der Waals surface area contributed by atoms with Gasteiger partial charge in [0.05, 0.1) is 17.6 Å². The molecular formula is C14H21N3OS. The first-order valence-corrected chi connectivity index (χ1v) is 7.99. The summed E-state index contributed by atoms with van der Waals surface area (Å²) < 4.78 is 0. The quantitative estimate of drug-likeness (QED) is 0.889. The number of carbonyl (C=O) groups is 1. The predicted molar refractivity (Wildman–Crippen MR) is 76.0 cm³/mol. The molecule has 0 radical (unpaired) electrons. The average Bonchev–Trinajstić information content (AvgIpc) is 3.01. The number of nitrogens with zero attached hydrogens (tertiary/aromatic N) is 1. The average molecular weight is 279 g/mol. The molecule has 1 aliphatic carbocycles. The first-order chi connectivity index (χ1) is 9.22. The summed E-state index contributed by atoms with van der Waals surface area (Å²) in [6.07, 6.45) is 8.03. The van der Waals surface area contributed by atoms with Crippen molar-refractivity contribution in [1.29, 1.82) is 0 Å². The first kappa shape index (κ1) is 13.1. The van der Waals surface area contributed by atoms with Crippen molar-refractivity contribution in [3.8, 4) is 0 Å². The third kappa shape index (κ3) is 2.98. The minimum absolute atomic E-state index is 0.0159. The Morgan fingerprint density at radius 2 is 2.37 bits per heavy atom. The van der Waals surface area contributed by atoms with E-state index in [0.717, 1.165) is 22.2 Å². The normalized spacial score (nSPS) is 30.1. The molecule has 3 rings (SSSR count). The second-order valence-electron chi connectivity index (χ2n) is 5.67. The van der Waals surface area contributed by atoms with Gasteiger partial charge in [-0.1, -0.05) is 12.8 Å². The van der Waals surface area contributed by atoms with Gasteiger partial charge in [-0.05, 0) is 32.1 Å². The Hall–Kier alpha value is -0.940. The van der Waals surface area contributed by atoms with E-state index in [1.807, 2.05) is 13.1 Å². The van der Waals surface area contributed by atoms with Crippen LogP contribution in [-0.4, -0.2) is 23.0 Å². The van der Waals surface area contributed by atoms with E-state index in [-0.39, 0.29) is 11.9 Å². The standard InChI is InChI=1S/C14H21N3OS/c1-9-15-7-11(19-9)8-16-14(18)13-6-10-4-2-3-5-12(10)17-13/h7,10,12-13,17H,2-6,8H2,1H3,(H,16,18). The molecular weight excluding hydrogens is 258 g/mol. The highest BCUT2D eigenvalue weighted by Crippen LogP contribution is 2.33. The third-order valence-corrected chi connectivity index (χ3v) is 5.20. The summed E-state index contributed by atoms with van der Waals surface area (Å²) in [6, 6.07) is 0.595. The van der Waals surface area contributed by atoms with Crippen molar-refractivity contribution < 1.29 is 4.79 Å². The van der Waals surface area contributed by atoms with Crippen LogP contribution >= 0.6 is 11.3 Å². The van der Waals surface area contributed by atoms with Crippen LogP contribution in [0.5, 0.6) is 0 Å². The van der Waals surface area contributed by atoms with Gasteiger partial charge in [-0.15, -0.1) is 11.3 Å². The number of amides is 1. The zero-order valence-corrected chi connectivity index (χ0v) is 12.1. The minimum atomic E-state index is 0.0159. The van der Waals surface area contributed by atoms with Crippen molar-refractivity contribution in [3.05, 3.63) is 16.1 Å². The van der Waals surface area contributed by atoms with E-state index in [4.69, 9.17) is 0 Å². The van der Waals surface area contributed by atoms with Crippen LogP contribution in [0.2, 0.25) is 0 Å². The number of fused-ring (bicyclic) bond motifs is 1. The molecule has 2 aliphatic rings. The topological polar surface area (TPSA) is 54.0 Å². The summed E-state index contributed by atoms with van der Waals surface area (Å²) in [5.74, 6) is 0.871. The van der Waals surface area contributed by atoms with Gasteiger partial charge in [0.2, 0.25) is 5.91 Å². The monoisotopic (exact) mass is 279 g/mol. The second kappa shape index (κ2) is 5.59. The van der Waals surface area contributed by atoms with E-state index in [0.29, 0.717) is 12.6 Å². The molecule has 104 valence electrons. The minimum Gasteiger partial charge on any atom is -0.350 e. The van der Waals surface area contributed by atoms with Crippen molar-refractivity contribution in [2.24, 2.45) is 5.92 Å². The van der Waals surface area contributed by atoms with Gasteiger partial charge >= 0.3 is 0 Å². The molecule has 1 aromatic heterocycles. The Morgan fingerprint density at radius 1 is 1.53 bits per heavy atom. The number of hydrogen-bond donors (Lipinski definition) is 2. The van der Waals surface area contributed by atoms with Crippen molar-refractivity contribution >= 4 is 17.2 Å². The molecule has 19 heavy (non-hydrogen) atoms. The van der Waals surface area contributed by atoms with E-state index in [1.54, 1.807) is 11.3 Å². The molecule has 1 saturated carbocycles. The van der Waals surface area contributed by atoms with E-state index < -0.39 is 0 Å². The lowest BCUT2D eigenvalue weighted by Crippen LogP contribution is -2.42. The molecule has 1 amide bonds. The van der Waals surface area contributed by atoms with E-state index >= 15 is 0 Å². The maximum Gasteiger partial charge on any atom is 0.237 e. The lowest BCUT2D eigenvalue weighted by molar-refractivity contribution is -0.123.